The Morgan fingerprint density at radius 2 is 2.22 bits per heavy atom. The van der Waals surface area contributed by atoms with Crippen molar-refractivity contribution in [1.82, 2.24) is 10.6 Å². The number of carbonyl (C=O) groups is 1. The predicted molar refractivity (Wildman–Crippen MR) is 66.6 cm³/mol. The number of halogens is 3. The van der Waals surface area contributed by atoms with E-state index >= 15 is 0 Å². The molecule has 2 N–H and O–H groups in total. The molecular formula is C11H19F3N2OS. The molecule has 18 heavy (non-hydrogen) atoms. The molecular weight excluding hydrogens is 265 g/mol. The van der Waals surface area contributed by atoms with E-state index in [1.54, 1.807) is 18.7 Å². The molecule has 0 aliphatic carbocycles. The van der Waals surface area contributed by atoms with Crippen LogP contribution in [0.5, 0.6) is 0 Å². The molecule has 0 spiro atoms. The fraction of sp³-hybridized carbons (Fsp3) is 0.909. The smallest absolute Gasteiger partial charge is 0.352 e. The van der Waals surface area contributed by atoms with Crippen molar-refractivity contribution in [2.24, 2.45) is 5.41 Å². The van der Waals surface area contributed by atoms with Crippen LogP contribution in [0.4, 0.5) is 13.2 Å². The first kappa shape index (κ1) is 15.6. The molecule has 0 radical (unpaired) electrons. The first-order valence-electron chi connectivity index (χ1n) is 5.99. The average molecular weight is 284 g/mol. The maximum absolute atomic E-state index is 13.1. The number of hydrogen-bond donors (Lipinski definition) is 2. The first-order valence-corrected chi connectivity index (χ1v) is 7.15. The topological polar surface area (TPSA) is 41.1 Å². The fourth-order valence-corrected chi connectivity index (χ4v) is 2.63. The summed E-state index contributed by atoms with van der Waals surface area (Å²) < 4.78 is 39.2. The van der Waals surface area contributed by atoms with Gasteiger partial charge in [-0.15, -0.1) is 0 Å². The molecule has 1 fully saturated rings. The van der Waals surface area contributed by atoms with Gasteiger partial charge < -0.3 is 10.6 Å². The van der Waals surface area contributed by atoms with E-state index in [2.05, 4.69) is 10.6 Å². The SMILES string of the molecule is CCSCC(C)NC(=O)C1(C(F)(F)F)CCNC1. The second-order valence-corrected chi connectivity index (χ2v) is 5.86. The lowest BCUT2D eigenvalue weighted by atomic mass is 9.85. The van der Waals surface area contributed by atoms with Crippen molar-refractivity contribution < 1.29 is 18.0 Å². The molecule has 2 unspecified atom stereocenters. The standard InChI is InChI=1S/C11H19F3N2OS/c1-3-18-6-8(2)16-9(17)10(11(12,13)14)4-5-15-7-10/h8,15H,3-7H2,1-2H3,(H,16,17). The maximum Gasteiger partial charge on any atom is 0.404 e. The van der Waals surface area contributed by atoms with E-state index in [0.717, 1.165) is 5.75 Å². The summed E-state index contributed by atoms with van der Waals surface area (Å²) in [4.78, 5) is 11.9. The lowest BCUT2D eigenvalue weighted by Gasteiger charge is -2.30. The summed E-state index contributed by atoms with van der Waals surface area (Å²) in [7, 11) is 0. The first-order chi connectivity index (χ1) is 8.33. The minimum Gasteiger partial charge on any atom is -0.352 e. The Morgan fingerprint density at radius 1 is 1.56 bits per heavy atom. The molecule has 2 atom stereocenters. The number of thioether (sulfide) groups is 1. The lowest BCUT2D eigenvalue weighted by molar-refractivity contribution is -0.216. The fourth-order valence-electron chi connectivity index (χ4n) is 1.95. The second-order valence-electron chi connectivity index (χ2n) is 4.54. The molecule has 0 aromatic carbocycles. The van der Waals surface area contributed by atoms with E-state index in [0.29, 0.717) is 5.75 Å². The van der Waals surface area contributed by atoms with Crippen LogP contribution in [0.25, 0.3) is 0 Å². The van der Waals surface area contributed by atoms with Gasteiger partial charge in [0.05, 0.1) is 0 Å². The third-order valence-corrected chi connectivity index (χ3v) is 4.23. The van der Waals surface area contributed by atoms with Crippen molar-refractivity contribution in [2.45, 2.75) is 32.5 Å². The minimum atomic E-state index is -4.50. The highest BCUT2D eigenvalue weighted by atomic mass is 32.2. The highest BCUT2D eigenvalue weighted by molar-refractivity contribution is 7.99. The zero-order valence-electron chi connectivity index (χ0n) is 10.6. The van der Waals surface area contributed by atoms with E-state index < -0.39 is 17.5 Å². The number of rotatable bonds is 5. The van der Waals surface area contributed by atoms with Gasteiger partial charge in [0.2, 0.25) is 5.91 Å². The van der Waals surface area contributed by atoms with Crippen LogP contribution in [0.1, 0.15) is 20.3 Å². The Bertz CT molecular complexity index is 291. The molecule has 0 saturated carbocycles. The van der Waals surface area contributed by atoms with Crippen molar-refractivity contribution in [3.8, 4) is 0 Å². The third kappa shape index (κ3) is 3.32. The molecule has 1 heterocycles. The summed E-state index contributed by atoms with van der Waals surface area (Å²) in [5.41, 5.74) is -2.25. The van der Waals surface area contributed by atoms with Gasteiger partial charge >= 0.3 is 6.18 Å². The number of alkyl halides is 3. The Morgan fingerprint density at radius 3 is 2.67 bits per heavy atom. The van der Waals surface area contributed by atoms with Crippen molar-refractivity contribution in [1.29, 1.82) is 0 Å². The van der Waals surface area contributed by atoms with Crippen LogP contribution >= 0.6 is 11.8 Å². The van der Waals surface area contributed by atoms with Crippen molar-refractivity contribution in [3.05, 3.63) is 0 Å². The molecule has 3 nitrogen and oxygen atoms in total. The quantitative estimate of drug-likeness (QED) is 0.808. The van der Waals surface area contributed by atoms with Gasteiger partial charge in [0.25, 0.3) is 0 Å². The van der Waals surface area contributed by atoms with Gasteiger partial charge in [0.1, 0.15) is 0 Å². The van der Waals surface area contributed by atoms with Crippen LogP contribution in [0.15, 0.2) is 0 Å². The predicted octanol–water partition coefficient (Wildman–Crippen LogP) is 1.79. The van der Waals surface area contributed by atoms with Gasteiger partial charge in [-0.2, -0.15) is 24.9 Å². The number of amides is 1. The normalized spacial score (nSPS) is 26.1. The van der Waals surface area contributed by atoms with Crippen LogP contribution in [0.3, 0.4) is 0 Å². The van der Waals surface area contributed by atoms with Gasteiger partial charge in [-0.05, 0) is 25.6 Å². The van der Waals surface area contributed by atoms with Gasteiger partial charge in [-0.25, -0.2) is 0 Å². The van der Waals surface area contributed by atoms with Crippen molar-refractivity contribution >= 4 is 17.7 Å². The molecule has 0 aromatic rings. The summed E-state index contributed by atoms with van der Waals surface area (Å²) in [6, 6.07) is -0.248. The molecule has 0 bridgehead atoms. The van der Waals surface area contributed by atoms with Crippen LogP contribution in [-0.4, -0.2) is 42.7 Å². The second kappa shape index (κ2) is 6.14. The van der Waals surface area contributed by atoms with E-state index in [1.807, 2.05) is 6.92 Å². The van der Waals surface area contributed by atoms with E-state index in [-0.39, 0.29) is 25.6 Å². The Balaban J connectivity index is 2.67. The Kier molecular flexibility index (Phi) is 5.33. The maximum atomic E-state index is 13.1. The van der Waals surface area contributed by atoms with Crippen LogP contribution < -0.4 is 10.6 Å². The minimum absolute atomic E-state index is 0.185. The Hall–Kier alpha value is -0.430. The van der Waals surface area contributed by atoms with Gasteiger partial charge in [0.15, 0.2) is 5.41 Å². The van der Waals surface area contributed by atoms with E-state index in [4.69, 9.17) is 0 Å². The summed E-state index contributed by atoms with van der Waals surface area (Å²) in [6.07, 6.45) is -4.69. The van der Waals surface area contributed by atoms with Gasteiger partial charge in [-0.1, -0.05) is 6.92 Å². The van der Waals surface area contributed by atoms with E-state index in [9.17, 15) is 18.0 Å². The summed E-state index contributed by atoms with van der Waals surface area (Å²) >= 11 is 1.60. The van der Waals surface area contributed by atoms with Gasteiger partial charge in [-0.3, -0.25) is 4.79 Å². The molecule has 106 valence electrons. The van der Waals surface area contributed by atoms with Crippen molar-refractivity contribution in [3.63, 3.8) is 0 Å². The molecule has 1 amide bonds. The van der Waals surface area contributed by atoms with Crippen LogP contribution in [-0.2, 0) is 4.79 Å². The lowest BCUT2D eigenvalue weighted by Crippen LogP contribution is -2.54. The molecule has 1 aliphatic heterocycles. The monoisotopic (exact) mass is 284 g/mol. The molecule has 0 aromatic heterocycles. The zero-order valence-corrected chi connectivity index (χ0v) is 11.4. The summed E-state index contributed by atoms with van der Waals surface area (Å²) in [5.74, 6) is 0.611. The van der Waals surface area contributed by atoms with Crippen molar-refractivity contribution in [2.75, 3.05) is 24.6 Å². The number of hydrogen-bond acceptors (Lipinski definition) is 3. The Labute approximate surface area is 109 Å². The summed E-state index contributed by atoms with van der Waals surface area (Å²) in [5, 5.41) is 5.12. The highest BCUT2D eigenvalue weighted by Crippen LogP contribution is 2.43. The summed E-state index contributed by atoms with van der Waals surface area (Å²) in [6.45, 7) is 3.60. The van der Waals surface area contributed by atoms with Gasteiger partial charge in [0, 0.05) is 18.3 Å². The molecule has 7 heteroatoms. The van der Waals surface area contributed by atoms with E-state index in [1.165, 1.54) is 0 Å². The third-order valence-electron chi connectivity index (χ3n) is 3.08. The molecule has 1 rings (SSSR count). The van der Waals surface area contributed by atoms with Crippen LogP contribution in [0, 0.1) is 5.41 Å². The van der Waals surface area contributed by atoms with Crippen LogP contribution in [0.2, 0.25) is 0 Å². The zero-order chi connectivity index (χ0) is 13.8. The average Bonchev–Trinajstić information content (AvgIpc) is 2.75. The number of nitrogens with one attached hydrogen (secondary N) is 2. The molecule has 1 aliphatic rings. The molecule has 1 saturated heterocycles. The largest absolute Gasteiger partial charge is 0.404 e. The highest BCUT2D eigenvalue weighted by Gasteiger charge is 2.61. The number of carbonyl (C=O) groups excluding carboxylic acids is 1.